The van der Waals surface area contributed by atoms with Gasteiger partial charge in [-0.05, 0) is 38.7 Å². The lowest BCUT2D eigenvalue weighted by Gasteiger charge is -2.19. The molecule has 2 rings (SSSR count). The van der Waals surface area contributed by atoms with Crippen molar-refractivity contribution in [1.82, 2.24) is 15.2 Å². The summed E-state index contributed by atoms with van der Waals surface area (Å²) >= 11 is 0. The average Bonchev–Trinajstić information content (AvgIpc) is 2.59. The molecule has 0 saturated carbocycles. The van der Waals surface area contributed by atoms with Crippen molar-refractivity contribution in [2.24, 2.45) is 0 Å². The van der Waals surface area contributed by atoms with Crippen LogP contribution in [0.15, 0.2) is 48.8 Å². The van der Waals surface area contributed by atoms with E-state index in [-0.39, 0.29) is 5.91 Å². The van der Waals surface area contributed by atoms with Crippen molar-refractivity contribution >= 4 is 11.6 Å². The molecule has 1 aromatic carbocycles. The van der Waals surface area contributed by atoms with Crippen LogP contribution in [0.1, 0.15) is 22.3 Å². The number of hydrogen-bond donors (Lipinski definition) is 1. The van der Waals surface area contributed by atoms with Crippen LogP contribution in [-0.2, 0) is 6.54 Å². The smallest absolute Gasteiger partial charge is 0.252 e. The second kappa shape index (κ2) is 9.03. The van der Waals surface area contributed by atoms with Crippen LogP contribution in [0.5, 0.6) is 0 Å². The lowest BCUT2D eigenvalue weighted by atomic mass is 10.2. The third-order valence-corrected chi connectivity index (χ3v) is 3.76. The van der Waals surface area contributed by atoms with E-state index in [2.05, 4.69) is 32.2 Å². The maximum Gasteiger partial charge on any atom is 0.252 e. The van der Waals surface area contributed by atoms with Gasteiger partial charge >= 0.3 is 0 Å². The van der Waals surface area contributed by atoms with Gasteiger partial charge in [0.1, 0.15) is 0 Å². The highest BCUT2D eigenvalue weighted by atomic mass is 16.1. The van der Waals surface area contributed by atoms with Crippen LogP contribution in [0.2, 0.25) is 0 Å². The molecule has 0 unspecified atom stereocenters. The highest BCUT2D eigenvalue weighted by molar-refractivity contribution is 5.94. The quantitative estimate of drug-likeness (QED) is 0.757. The molecule has 1 aromatic heterocycles. The first-order chi connectivity index (χ1) is 11.6. The number of rotatable bonds is 8. The van der Waals surface area contributed by atoms with E-state index in [0.29, 0.717) is 12.1 Å². The van der Waals surface area contributed by atoms with E-state index in [0.717, 1.165) is 25.2 Å². The first kappa shape index (κ1) is 17.9. The molecule has 0 fully saturated rings. The minimum Gasteiger partial charge on any atom is -0.369 e. The molecule has 2 aromatic rings. The molecule has 0 saturated heterocycles. The molecule has 0 aliphatic rings. The highest BCUT2D eigenvalue weighted by Gasteiger charge is 2.09. The predicted molar refractivity (Wildman–Crippen MR) is 98.3 cm³/mol. The first-order valence-corrected chi connectivity index (χ1v) is 8.19. The Bertz CT molecular complexity index is 643. The third-order valence-electron chi connectivity index (χ3n) is 3.76. The van der Waals surface area contributed by atoms with E-state index < -0.39 is 0 Å². The highest BCUT2D eigenvalue weighted by Crippen LogP contribution is 2.16. The van der Waals surface area contributed by atoms with Gasteiger partial charge in [-0.15, -0.1) is 0 Å². The summed E-state index contributed by atoms with van der Waals surface area (Å²) in [6.07, 6.45) is 4.33. The van der Waals surface area contributed by atoms with E-state index in [9.17, 15) is 4.79 Å². The fourth-order valence-electron chi connectivity index (χ4n) is 2.41. The second-order valence-electron chi connectivity index (χ2n) is 6.19. The number of nitrogens with zero attached hydrogens (tertiary/aromatic N) is 3. The number of anilines is 1. The molecule has 24 heavy (non-hydrogen) atoms. The van der Waals surface area contributed by atoms with E-state index in [1.54, 1.807) is 12.4 Å². The van der Waals surface area contributed by atoms with Crippen molar-refractivity contribution in [2.45, 2.75) is 13.0 Å². The summed E-state index contributed by atoms with van der Waals surface area (Å²) in [6.45, 7) is 2.40. The predicted octanol–water partition coefficient (Wildman–Crippen LogP) is 2.40. The van der Waals surface area contributed by atoms with Crippen LogP contribution >= 0.6 is 0 Å². The van der Waals surface area contributed by atoms with Gasteiger partial charge in [-0.2, -0.15) is 0 Å². The number of carbonyl (C=O) groups is 1. The molecular formula is C19H26N4O. The van der Waals surface area contributed by atoms with Crippen molar-refractivity contribution in [3.8, 4) is 0 Å². The van der Waals surface area contributed by atoms with Crippen molar-refractivity contribution in [1.29, 1.82) is 0 Å². The van der Waals surface area contributed by atoms with Gasteiger partial charge in [-0.25, -0.2) is 0 Å². The summed E-state index contributed by atoms with van der Waals surface area (Å²) in [5, 5.41) is 2.95. The summed E-state index contributed by atoms with van der Waals surface area (Å²) in [5.74, 6) is -0.0729. The minimum atomic E-state index is -0.0729. The number of amides is 1. The topological polar surface area (TPSA) is 48.5 Å². The zero-order chi connectivity index (χ0) is 17.4. The van der Waals surface area contributed by atoms with Gasteiger partial charge in [0.2, 0.25) is 0 Å². The van der Waals surface area contributed by atoms with Crippen LogP contribution in [0.25, 0.3) is 0 Å². The van der Waals surface area contributed by atoms with Crippen molar-refractivity contribution in [3.63, 3.8) is 0 Å². The average molecular weight is 326 g/mol. The largest absolute Gasteiger partial charge is 0.369 e. The maximum absolute atomic E-state index is 12.2. The van der Waals surface area contributed by atoms with Gasteiger partial charge in [0, 0.05) is 26.3 Å². The Morgan fingerprint density at radius 1 is 1.12 bits per heavy atom. The first-order valence-electron chi connectivity index (χ1n) is 8.19. The van der Waals surface area contributed by atoms with E-state index in [4.69, 9.17) is 0 Å². The Hall–Kier alpha value is -2.40. The summed E-state index contributed by atoms with van der Waals surface area (Å²) in [7, 11) is 6.05. The van der Waals surface area contributed by atoms with Crippen LogP contribution < -0.4 is 10.2 Å². The molecule has 0 spiro atoms. The van der Waals surface area contributed by atoms with Gasteiger partial charge in [0.25, 0.3) is 5.91 Å². The fourth-order valence-corrected chi connectivity index (χ4v) is 2.41. The molecule has 5 heteroatoms. The Morgan fingerprint density at radius 2 is 1.88 bits per heavy atom. The number of nitrogens with one attached hydrogen (secondary N) is 1. The maximum atomic E-state index is 12.2. The normalized spacial score (nSPS) is 10.7. The van der Waals surface area contributed by atoms with Gasteiger partial charge in [-0.3, -0.25) is 9.78 Å². The molecule has 0 bridgehead atoms. The van der Waals surface area contributed by atoms with Crippen molar-refractivity contribution < 1.29 is 4.79 Å². The molecule has 0 atom stereocenters. The van der Waals surface area contributed by atoms with Gasteiger partial charge in [0.15, 0.2) is 0 Å². The number of aromatic nitrogens is 1. The minimum absolute atomic E-state index is 0.0729. The number of hydrogen-bond acceptors (Lipinski definition) is 4. The number of pyridine rings is 1. The monoisotopic (exact) mass is 326 g/mol. The summed E-state index contributed by atoms with van der Waals surface area (Å²) in [6, 6.07) is 12.1. The van der Waals surface area contributed by atoms with Crippen LogP contribution in [0.4, 0.5) is 5.69 Å². The molecular weight excluding hydrogens is 300 g/mol. The molecule has 128 valence electrons. The molecule has 1 amide bonds. The molecule has 0 aliphatic heterocycles. The number of benzene rings is 1. The summed E-state index contributed by atoms with van der Waals surface area (Å²) < 4.78 is 0. The van der Waals surface area contributed by atoms with E-state index >= 15 is 0 Å². The van der Waals surface area contributed by atoms with Crippen molar-refractivity contribution in [2.75, 3.05) is 39.1 Å². The SMILES string of the molecule is CN(C)CCCNC(=O)c1cncc(N(C)Cc2ccccc2)c1. The van der Waals surface area contributed by atoms with Gasteiger partial charge in [0.05, 0.1) is 17.4 Å². The Balaban J connectivity index is 1.93. The van der Waals surface area contributed by atoms with E-state index in [1.807, 2.05) is 45.4 Å². The fraction of sp³-hybridized carbons (Fsp3) is 0.368. The molecule has 0 radical (unpaired) electrons. The lowest BCUT2D eigenvalue weighted by molar-refractivity contribution is 0.0952. The summed E-state index contributed by atoms with van der Waals surface area (Å²) in [5.41, 5.74) is 2.75. The van der Waals surface area contributed by atoms with Crippen LogP contribution in [-0.4, -0.2) is 50.0 Å². The van der Waals surface area contributed by atoms with Crippen LogP contribution in [0.3, 0.4) is 0 Å². The molecule has 0 aliphatic carbocycles. The van der Waals surface area contributed by atoms with Gasteiger partial charge < -0.3 is 15.1 Å². The van der Waals surface area contributed by atoms with E-state index in [1.165, 1.54) is 5.56 Å². The standard InChI is InChI=1S/C19H26N4O/c1-22(2)11-7-10-21-19(24)17-12-18(14-20-13-17)23(3)15-16-8-5-4-6-9-16/h4-6,8-9,12-14H,7,10-11,15H2,1-3H3,(H,21,24). The third kappa shape index (κ3) is 5.66. The van der Waals surface area contributed by atoms with Crippen molar-refractivity contribution in [3.05, 3.63) is 59.9 Å². The Labute approximate surface area is 144 Å². The molecule has 5 nitrogen and oxygen atoms in total. The summed E-state index contributed by atoms with van der Waals surface area (Å²) in [4.78, 5) is 20.6. The molecule has 1 N–H and O–H groups in total. The molecule has 1 heterocycles. The zero-order valence-corrected chi connectivity index (χ0v) is 14.7. The van der Waals surface area contributed by atoms with Gasteiger partial charge in [-0.1, -0.05) is 30.3 Å². The number of carbonyl (C=O) groups excluding carboxylic acids is 1. The Kier molecular flexibility index (Phi) is 6.75. The van der Waals surface area contributed by atoms with Crippen LogP contribution in [0, 0.1) is 0 Å². The Morgan fingerprint density at radius 3 is 2.58 bits per heavy atom. The zero-order valence-electron chi connectivity index (χ0n) is 14.7. The second-order valence-corrected chi connectivity index (χ2v) is 6.19. The lowest BCUT2D eigenvalue weighted by Crippen LogP contribution is -2.27.